The Labute approximate surface area is 124 Å². The standard InChI is InChI=1S/C14H26F3N3O/c1-4-20(5-2)13(21)11(3)18-12-6-8-19(9-7-12)10-14(15,16)17/h11-12,18H,4-10H2,1-3H3. The highest BCUT2D eigenvalue weighted by Crippen LogP contribution is 2.20. The molecule has 1 aliphatic rings. The van der Waals surface area contributed by atoms with Crippen molar-refractivity contribution in [3.8, 4) is 0 Å². The molecule has 1 amide bonds. The summed E-state index contributed by atoms with van der Waals surface area (Å²) in [4.78, 5) is 15.3. The minimum absolute atomic E-state index is 0.0534. The number of nitrogens with one attached hydrogen (secondary N) is 1. The smallest absolute Gasteiger partial charge is 0.342 e. The van der Waals surface area contributed by atoms with E-state index in [1.54, 1.807) is 4.90 Å². The van der Waals surface area contributed by atoms with Crippen molar-refractivity contribution in [2.24, 2.45) is 0 Å². The fourth-order valence-electron chi connectivity index (χ4n) is 2.75. The third-order valence-electron chi connectivity index (χ3n) is 3.92. The first-order chi connectivity index (χ1) is 9.76. The van der Waals surface area contributed by atoms with E-state index in [0.717, 1.165) is 0 Å². The molecule has 0 aromatic carbocycles. The number of carbonyl (C=O) groups excluding carboxylic acids is 1. The topological polar surface area (TPSA) is 35.6 Å². The predicted octanol–water partition coefficient (Wildman–Crippen LogP) is 1.86. The number of nitrogens with zero attached hydrogens (tertiary/aromatic N) is 2. The maximum Gasteiger partial charge on any atom is 0.401 e. The zero-order valence-corrected chi connectivity index (χ0v) is 13.0. The second-order valence-corrected chi connectivity index (χ2v) is 5.56. The van der Waals surface area contributed by atoms with Crippen LogP contribution in [-0.2, 0) is 4.79 Å². The monoisotopic (exact) mass is 309 g/mol. The van der Waals surface area contributed by atoms with Crippen LogP contribution in [0.2, 0.25) is 0 Å². The summed E-state index contributed by atoms with van der Waals surface area (Å²) in [6.45, 7) is 7.04. The number of amides is 1. The van der Waals surface area contributed by atoms with Crippen molar-refractivity contribution >= 4 is 5.91 Å². The van der Waals surface area contributed by atoms with Crippen LogP contribution in [0, 0.1) is 0 Å². The molecule has 0 spiro atoms. The van der Waals surface area contributed by atoms with E-state index >= 15 is 0 Å². The molecular formula is C14H26F3N3O. The molecule has 1 aliphatic heterocycles. The second kappa shape index (κ2) is 7.98. The van der Waals surface area contributed by atoms with Gasteiger partial charge in [-0.3, -0.25) is 9.69 Å². The molecule has 1 heterocycles. The van der Waals surface area contributed by atoms with Crippen LogP contribution in [0.15, 0.2) is 0 Å². The number of hydrogen-bond donors (Lipinski definition) is 1. The number of likely N-dealkylation sites (N-methyl/N-ethyl adjacent to an activating group) is 1. The third-order valence-corrected chi connectivity index (χ3v) is 3.92. The quantitative estimate of drug-likeness (QED) is 0.813. The molecular weight excluding hydrogens is 283 g/mol. The second-order valence-electron chi connectivity index (χ2n) is 5.56. The minimum atomic E-state index is -4.13. The predicted molar refractivity (Wildman–Crippen MR) is 76.0 cm³/mol. The summed E-state index contributed by atoms with van der Waals surface area (Å²) in [5, 5.41) is 3.25. The van der Waals surface area contributed by atoms with Gasteiger partial charge in [-0.2, -0.15) is 13.2 Å². The lowest BCUT2D eigenvalue weighted by Crippen LogP contribution is -2.52. The summed E-state index contributed by atoms with van der Waals surface area (Å²) < 4.78 is 36.9. The van der Waals surface area contributed by atoms with Crippen molar-refractivity contribution < 1.29 is 18.0 Å². The van der Waals surface area contributed by atoms with Gasteiger partial charge in [-0.1, -0.05) is 0 Å². The van der Waals surface area contributed by atoms with Crippen molar-refractivity contribution in [1.29, 1.82) is 0 Å². The van der Waals surface area contributed by atoms with E-state index in [2.05, 4.69) is 5.32 Å². The summed E-state index contributed by atoms with van der Waals surface area (Å²) in [6.07, 6.45) is -2.84. The molecule has 1 atom stereocenters. The van der Waals surface area contributed by atoms with E-state index < -0.39 is 12.7 Å². The Kier molecular flexibility index (Phi) is 6.93. The van der Waals surface area contributed by atoms with Crippen LogP contribution >= 0.6 is 0 Å². The highest BCUT2D eigenvalue weighted by molar-refractivity contribution is 5.81. The number of piperidine rings is 1. The lowest BCUT2D eigenvalue weighted by molar-refractivity contribution is -0.148. The van der Waals surface area contributed by atoms with Crippen molar-refractivity contribution in [3.63, 3.8) is 0 Å². The molecule has 1 unspecified atom stereocenters. The molecule has 1 saturated heterocycles. The first-order valence-corrected chi connectivity index (χ1v) is 7.60. The summed E-state index contributed by atoms with van der Waals surface area (Å²) in [6, 6.07) is -0.173. The van der Waals surface area contributed by atoms with Crippen LogP contribution in [0.1, 0.15) is 33.6 Å². The van der Waals surface area contributed by atoms with Crippen molar-refractivity contribution in [1.82, 2.24) is 15.1 Å². The Hall–Kier alpha value is -0.820. The molecule has 124 valence electrons. The summed E-state index contributed by atoms with van der Waals surface area (Å²) >= 11 is 0. The fourth-order valence-corrected chi connectivity index (χ4v) is 2.75. The van der Waals surface area contributed by atoms with E-state index in [9.17, 15) is 18.0 Å². The van der Waals surface area contributed by atoms with Gasteiger partial charge in [-0.25, -0.2) is 0 Å². The maximum absolute atomic E-state index is 12.3. The highest BCUT2D eigenvalue weighted by Gasteiger charge is 2.33. The Balaban J connectivity index is 2.37. The number of hydrogen-bond acceptors (Lipinski definition) is 3. The molecule has 0 aromatic rings. The lowest BCUT2D eigenvalue weighted by Gasteiger charge is -2.34. The summed E-state index contributed by atoms with van der Waals surface area (Å²) in [5.74, 6) is 0.0534. The lowest BCUT2D eigenvalue weighted by atomic mass is 10.0. The Morgan fingerprint density at radius 3 is 2.24 bits per heavy atom. The molecule has 1 fully saturated rings. The summed E-state index contributed by atoms with van der Waals surface area (Å²) in [7, 11) is 0. The van der Waals surface area contributed by atoms with E-state index in [0.29, 0.717) is 39.0 Å². The Morgan fingerprint density at radius 1 is 1.29 bits per heavy atom. The Bertz CT molecular complexity index is 324. The molecule has 1 N–H and O–H groups in total. The SMILES string of the molecule is CCN(CC)C(=O)C(C)NC1CCN(CC(F)(F)F)CC1. The van der Waals surface area contributed by atoms with Crippen LogP contribution in [0.25, 0.3) is 0 Å². The molecule has 0 bridgehead atoms. The van der Waals surface area contributed by atoms with Gasteiger partial charge in [-0.15, -0.1) is 0 Å². The van der Waals surface area contributed by atoms with Gasteiger partial charge in [-0.05, 0) is 46.7 Å². The fraction of sp³-hybridized carbons (Fsp3) is 0.929. The van der Waals surface area contributed by atoms with Crippen molar-refractivity contribution in [2.75, 3.05) is 32.7 Å². The molecule has 1 rings (SSSR count). The maximum atomic E-state index is 12.3. The molecule has 0 radical (unpaired) electrons. The zero-order valence-electron chi connectivity index (χ0n) is 13.0. The van der Waals surface area contributed by atoms with Crippen molar-refractivity contribution in [2.45, 2.75) is 51.9 Å². The number of likely N-dealkylation sites (tertiary alicyclic amines) is 1. The van der Waals surface area contributed by atoms with Crippen LogP contribution < -0.4 is 5.32 Å². The van der Waals surface area contributed by atoms with Gasteiger partial charge in [0.1, 0.15) is 0 Å². The number of rotatable bonds is 6. The van der Waals surface area contributed by atoms with E-state index in [1.807, 2.05) is 20.8 Å². The number of carbonyl (C=O) groups is 1. The zero-order chi connectivity index (χ0) is 16.0. The minimum Gasteiger partial charge on any atom is -0.342 e. The molecule has 0 saturated carbocycles. The number of halogens is 3. The van der Waals surface area contributed by atoms with E-state index in [-0.39, 0.29) is 18.0 Å². The molecule has 7 heteroatoms. The average Bonchev–Trinajstić information content (AvgIpc) is 2.40. The van der Waals surface area contributed by atoms with Crippen LogP contribution in [0.5, 0.6) is 0 Å². The molecule has 4 nitrogen and oxygen atoms in total. The van der Waals surface area contributed by atoms with Gasteiger partial charge in [0, 0.05) is 19.1 Å². The van der Waals surface area contributed by atoms with Gasteiger partial charge < -0.3 is 10.2 Å². The first-order valence-electron chi connectivity index (χ1n) is 7.60. The Morgan fingerprint density at radius 2 is 1.81 bits per heavy atom. The van der Waals surface area contributed by atoms with Crippen LogP contribution in [0.3, 0.4) is 0 Å². The van der Waals surface area contributed by atoms with Gasteiger partial charge in [0.25, 0.3) is 0 Å². The van der Waals surface area contributed by atoms with Gasteiger partial charge in [0.15, 0.2) is 0 Å². The van der Waals surface area contributed by atoms with E-state index in [1.165, 1.54) is 4.90 Å². The van der Waals surface area contributed by atoms with E-state index in [4.69, 9.17) is 0 Å². The average molecular weight is 309 g/mol. The first kappa shape index (κ1) is 18.2. The molecule has 21 heavy (non-hydrogen) atoms. The van der Waals surface area contributed by atoms with Crippen LogP contribution in [-0.4, -0.2) is 66.7 Å². The molecule has 0 aliphatic carbocycles. The molecule has 0 aromatic heterocycles. The normalized spacial score (nSPS) is 19.5. The van der Waals surface area contributed by atoms with Gasteiger partial charge in [0.05, 0.1) is 12.6 Å². The third kappa shape index (κ3) is 6.22. The van der Waals surface area contributed by atoms with Crippen molar-refractivity contribution in [3.05, 3.63) is 0 Å². The number of alkyl halides is 3. The largest absolute Gasteiger partial charge is 0.401 e. The highest BCUT2D eigenvalue weighted by atomic mass is 19.4. The van der Waals surface area contributed by atoms with Gasteiger partial charge >= 0.3 is 6.18 Å². The summed E-state index contributed by atoms with van der Waals surface area (Å²) in [5.41, 5.74) is 0. The van der Waals surface area contributed by atoms with Crippen LogP contribution in [0.4, 0.5) is 13.2 Å². The van der Waals surface area contributed by atoms with Gasteiger partial charge in [0.2, 0.25) is 5.91 Å².